The Hall–Kier alpha value is -0.0400. The van der Waals surface area contributed by atoms with E-state index in [9.17, 15) is 0 Å². The molecule has 1 saturated heterocycles. The lowest BCUT2D eigenvalue weighted by atomic mass is 10.2. The third-order valence-electron chi connectivity index (χ3n) is 2.75. The van der Waals surface area contributed by atoms with Gasteiger partial charge in [0.25, 0.3) is 0 Å². The van der Waals surface area contributed by atoms with Crippen LogP contribution in [0.25, 0.3) is 0 Å². The zero-order chi connectivity index (χ0) is 9.72. The standard InChI is InChI=1S/C7H13N.2C2H6/c1-5-3-6-4-7(6)8(5)2;2*1-2/h5-7H,3-4H2,1-2H3;2*1-2H3. The molecule has 1 saturated carbocycles. The number of nitrogens with zero attached hydrogens (tertiary/aromatic N) is 1. The molecule has 3 unspecified atom stereocenters. The Labute approximate surface area is 78.1 Å². The molecule has 0 N–H and O–H groups in total. The summed E-state index contributed by atoms with van der Waals surface area (Å²) >= 11 is 0. The molecule has 0 aromatic rings. The van der Waals surface area contributed by atoms with Crippen LogP contribution in [0.4, 0.5) is 0 Å². The Morgan fingerprint density at radius 1 is 1.00 bits per heavy atom. The van der Waals surface area contributed by atoms with Crippen LogP contribution in [0.15, 0.2) is 0 Å². The van der Waals surface area contributed by atoms with Crippen molar-refractivity contribution in [3.63, 3.8) is 0 Å². The first kappa shape index (κ1) is 12.0. The highest BCUT2D eigenvalue weighted by atomic mass is 15.2. The van der Waals surface area contributed by atoms with Crippen molar-refractivity contribution in [1.82, 2.24) is 4.90 Å². The van der Waals surface area contributed by atoms with Gasteiger partial charge in [0.05, 0.1) is 0 Å². The van der Waals surface area contributed by atoms with Crippen molar-refractivity contribution < 1.29 is 0 Å². The molecular weight excluding hydrogens is 146 g/mol. The van der Waals surface area contributed by atoms with Crippen LogP contribution in [0, 0.1) is 5.92 Å². The Morgan fingerprint density at radius 3 is 1.67 bits per heavy atom. The highest BCUT2D eigenvalue weighted by Crippen LogP contribution is 2.46. The van der Waals surface area contributed by atoms with Crippen LogP contribution in [0.2, 0.25) is 0 Å². The summed E-state index contributed by atoms with van der Waals surface area (Å²) < 4.78 is 0. The smallest absolute Gasteiger partial charge is 0.0128 e. The maximum absolute atomic E-state index is 2.52. The molecule has 12 heavy (non-hydrogen) atoms. The summed E-state index contributed by atoms with van der Waals surface area (Å²) in [5.74, 6) is 1.09. The first-order chi connectivity index (χ1) is 5.79. The molecule has 0 bridgehead atoms. The monoisotopic (exact) mass is 171 g/mol. The zero-order valence-electron chi connectivity index (χ0n) is 9.59. The van der Waals surface area contributed by atoms with Crippen molar-refractivity contribution in [1.29, 1.82) is 0 Å². The molecule has 0 radical (unpaired) electrons. The minimum absolute atomic E-state index is 0.874. The molecule has 0 amide bonds. The quantitative estimate of drug-likeness (QED) is 0.541. The number of hydrogen-bond acceptors (Lipinski definition) is 1. The molecule has 1 aliphatic carbocycles. The second-order valence-corrected chi connectivity index (χ2v) is 3.31. The van der Waals surface area contributed by atoms with Crippen LogP contribution in [0.3, 0.4) is 0 Å². The molecule has 3 atom stereocenters. The van der Waals surface area contributed by atoms with Crippen LogP contribution >= 0.6 is 0 Å². The Balaban J connectivity index is 0.000000269. The topological polar surface area (TPSA) is 3.24 Å². The molecule has 0 aromatic carbocycles. The minimum Gasteiger partial charge on any atom is -0.300 e. The lowest BCUT2D eigenvalue weighted by Crippen LogP contribution is -2.25. The predicted molar refractivity (Wildman–Crippen MR) is 56.4 cm³/mol. The van der Waals surface area contributed by atoms with E-state index in [1.165, 1.54) is 12.8 Å². The van der Waals surface area contributed by atoms with E-state index in [0.29, 0.717) is 0 Å². The van der Waals surface area contributed by atoms with Gasteiger partial charge in [-0.25, -0.2) is 0 Å². The number of piperidine rings is 1. The summed E-state index contributed by atoms with van der Waals surface area (Å²) in [7, 11) is 2.25. The molecule has 74 valence electrons. The normalized spacial score (nSPS) is 37.0. The van der Waals surface area contributed by atoms with Gasteiger partial charge in [0, 0.05) is 12.1 Å². The second kappa shape index (κ2) is 5.58. The van der Waals surface area contributed by atoms with Crippen LogP contribution in [-0.2, 0) is 0 Å². The van der Waals surface area contributed by atoms with Gasteiger partial charge in [-0.1, -0.05) is 27.7 Å². The van der Waals surface area contributed by atoms with Crippen molar-refractivity contribution in [2.75, 3.05) is 7.05 Å². The molecule has 1 heteroatoms. The summed E-state index contributed by atoms with van der Waals surface area (Å²) in [6, 6.07) is 1.86. The zero-order valence-corrected chi connectivity index (χ0v) is 9.59. The SMILES string of the molecule is CC.CC.CC1CC2CC2N1C. The summed E-state index contributed by atoms with van der Waals surface area (Å²) in [6.45, 7) is 10.3. The van der Waals surface area contributed by atoms with Crippen molar-refractivity contribution in [2.45, 2.75) is 59.5 Å². The number of fused-ring (bicyclic) bond motifs is 1. The van der Waals surface area contributed by atoms with Gasteiger partial charge >= 0.3 is 0 Å². The van der Waals surface area contributed by atoms with Crippen molar-refractivity contribution in [2.24, 2.45) is 5.92 Å². The highest BCUT2D eigenvalue weighted by molar-refractivity contribution is 5.02. The van der Waals surface area contributed by atoms with E-state index < -0.39 is 0 Å². The highest BCUT2D eigenvalue weighted by Gasteiger charge is 2.48. The number of likely N-dealkylation sites (tertiary alicyclic amines) is 1. The van der Waals surface area contributed by atoms with E-state index in [2.05, 4.69) is 18.9 Å². The van der Waals surface area contributed by atoms with Crippen molar-refractivity contribution in [3.8, 4) is 0 Å². The van der Waals surface area contributed by atoms with Crippen LogP contribution in [0.5, 0.6) is 0 Å². The van der Waals surface area contributed by atoms with Crippen LogP contribution in [-0.4, -0.2) is 24.0 Å². The third kappa shape index (κ3) is 2.48. The van der Waals surface area contributed by atoms with Gasteiger partial charge in [0.1, 0.15) is 0 Å². The molecule has 1 aliphatic heterocycles. The van der Waals surface area contributed by atoms with E-state index >= 15 is 0 Å². The minimum atomic E-state index is 0.874. The lowest BCUT2D eigenvalue weighted by molar-refractivity contribution is 0.286. The summed E-state index contributed by atoms with van der Waals surface area (Å²) in [4.78, 5) is 2.52. The fraction of sp³-hybridized carbons (Fsp3) is 1.00. The van der Waals surface area contributed by atoms with Gasteiger partial charge < -0.3 is 4.90 Å². The van der Waals surface area contributed by atoms with E-state index in [0.717, 1.165) is 18.0 Å². The van der Waals surface area contributed by atoms with Gasteiger partial charge in [-0.3, -0.25) is 0 Å². The van der Waals surface area contributed by atoms with E-state index in [1.807, 2.05) is 27.7 Å². The molecule has 2 fully saturated rings. The van der Waals surface area contributed by atoms with Crippen LogP contribution < -0.4 is 0 Å². The molecule has 0 spiro atoms. The summed E-state index contributed by atoms with van der Waals surface area (Å²) in [5, 5.41) is 0. The van der Waals surface area contributed by atoms with E-state index in [4.69, 9.17) is 0 Å². The lowest BCUT2D eigenvalue weighted by Gasteiger charge is -2.17. The molecule has 1 nitrogen and oxygen atoms in total. The van der Waals surface area contributed by atoms with Gasteiger partial charge in [0.2, 0.25) is 0 Å². The van der Waals surface area contributed by atoms with Gasteiger partial charge in [-0.05, 0) is 32.7 Å². The number of rotatable bonds is 0. The second-order valence-electron chi connectivity index (χ2n) is 3.31. The first-order valence-electron chi connectivity index (χ1n) is 5.51. The average molecular weight is 171 g/mol. The van der Waals surface area contributed by atoms with Gasteiger partial charge in [-0.2, -0.15) is 0 Å². The maximum Gasteiger partial charge on any atom is 0.0128 e. The molecule has 2 aliphatic rings. The maximum atomic E-state index is 2.52. The fourth-order valence-electron chi connectivity index (χ4n) is 1.92. The predicted octanol–water partition coefficient (Wildman–Crippen LogP) is 3.15. The molecule has 0 aromatic heterocycles. The van der Waals surface area contributed by atoms with Gasteiger partial charge in [0.15, 0.2) is 0 Å². The van der Waals surface area contributed by atoms with Crippen LogP contribution in [0.1, 0.15) is 47.5 Å². The molecular formula is C11H25N. The van der Waals surface area contributed by atoms with E-state index in [1.54, 1.807) is 0 Å². The van der Waals surface area contributed by atoms with E-state index in [-0.39, 0.29) is 0 Å². The number of hydrogen-bond donors (Lipinski definition) is 0. The fourth-order valence-corrected chi connectivity index (χ4v) is 1.92. The largest absolute Gasteiger partial charge is 0.300 e. The average Bonchev–Trinajstić information content (AvgIpc) is 2.84. The molecule has 2 rings (SSSR count). The Kier molecular flexibility index (Phi) is 5.56. The Morgan fingerprint density at radius 2 is 1.50 bits per heavy atom. The van der Waals surface area contributed by atoms with Crippen molar-refractivity contribution in [3.05, 3.63) is 0 Å². The third-order valence-corrected chi connectivity index (χ3v) is 2.75. The van der Waals surface area contributed by atoms with Crippen molar-refractivity contribution >= 4 is 0 Å². The summed E-state index contributed by atoms with van der Waals surface area (Å²) in [6.07, 6.45) is 2.95. The first-order valence-corrected chi connectivity index (χ1v) is 5.51. The van der Waals surface area contributed by atoms with Gasteiger partial charge in [-0.15, -0.1) is 0 Å². The molecule has 1 heterocycles. The summed E-state index contributed by atoms with van der Waals surface area (Å²) in [5.41, 5.74) is 0. The Bertz CT molecular complexity index is 110.